The quantitative estimate of drug-likeness (QED) is 0.526. The normalized spacial score (nSPS) is 16.1. The van der Waals surface area contributed by atoms with E-state index >= 15 is 0 Å². The maximum Gasteiger partial charge on any atom is 0.416 e. The summed E-state index contributed by atoms with van der Waals surface area (Å²) in [6.45, 7) is 3.76. The summed E-state index contributed by atoms with van der Waals surface area (Å²) < 4.78 is 64.8. The summed E-state index contributed by atoms with van der Waals surface area (Å²) in [5, 5.41) is 0. The van der Waals surface area contributed by atoms with Gasteiger partial charge in [0.2, 0.25) is 0 Å². The van der Waals surface area contributed by atoms with Crippen LogP contribution in [0.25, 0.3) is 11.0 Å². The molecule has 6 nitrogen and oxygen atoms in total. The Labute approximate surface area is 195 Å². The van der Waals surface area contributed by atoms with Gasteiger partial charge in [-0.15, -0.1) is 0 Å². The van der Waals surface area contributed by atoms with Crippen molar-refractivity contribution in [3.63, 3.8) is 0 Å². The van der Waals surface area contributed by atoms with Crippen molar-refractivity contribution in [1.29, 1.82) is 0 Å². The average molecular weight is 492 g/mol. The number of likely N-dealkylation sites (tertiary alicyclic amines) is 1. The van der Waals surface area contributed by atoms with Gasteiger partial charge in [0, 0.05) is 25.5 Å². The molecule has 1 aliphatic heterocycles. The lowest BCUT2D eigenvalue weighted by atomic mass is 9.85. The molecule has 4 rings (SSSR count). The fraction of sp³-hybridized carbons (Fsp3) is 0.375. The van der Waals surface area contributed by atoms with E-state index in [0.717, 1.165) is 12.1 Å². The van der Waals surface area contributed by atoms with E-state index in [1.165, 1.54) is 12.3 Å². The molecule has 0 bridgehead atoms. The highest BCUT2D eigenvalue weighted by molar-refractivity contribution is 7.92. The van der Waals surface area contributed by atoms with E-state index in [4.69, 9.17) is 0 Å². The third-order valence-electron chi connectivity index (χ3n) is 6.66. The minimum atomic E-state index is -4.63. The minimum Gasteiger partial charge on any atom is -0.339 e. The Morgan fingerprint density at radius 1 is 1.00 bits per heavy atom. The van der Waals surface area contributed by atoms with Crippen LogP contribution in [-0.2, 0) is 16.0 Å². The molecule has 1 aliphatic rings. The summed E-state index contributed by atoms with van der Waals surface area (Å²) in [4.78, 5) is 23.0. The molecule has 10 heteroatoms. The van der Waals surface area contributed by atoms with Crippen LogP contribution in [0.3, 0.4) is 0 Å². The van der Waals surface area contributed by atoms with Crippen LogP contribution in [0.2, 0.25) is 0 Å². The monoisotopic (exact) mass is 491 g/mol. The molecule has 0 N–H and O–H groups in total. The minimum absolute atomic E-state index is 0.205. The summed E-state index contributed by atoms with van der Waals surface area (Å²) in [5.74, 6) is -0.536. The number of fused-ring (bicyclic) bond motifs is 1. The number of piperidine rings is 1. The Morgan fingerprint density at radius 2 is 1.65 bits per heavy atom. The van der Waals surface area contributed by atoms with Crippen LogP contribution in [-0.4, -0.2) is 47.0 Å². The average Bonchev–Trinajstić information content (AvgIpc) is 2.82. The van der Waals surface area contributed by atoms with E-state index in [-0.39, 0.29) is 16.7 Å². The lowest BCUT2D eigenvalue weighted by molar-refractivity contribution is -0.137. The Morgan fingerprint density at radius 3 is 2.32 bits per heavy atom. The van der Waals surface area contributed by atoms with Crippen molar-refractivity contribution < 1.29 is 26.4 Å². The number of sulfone groups is 1. The first-order valence-corrected chi connectivity index (χ1v) is 12.3. The van der Waals surface area contributed by atoms with Crippen LogP contribution < -0.4 is 0 Å². The highest BCUT2D eigenvalue weighted by Crippen LogP contribution is 2.39. The summed E-state index contributed by atoms with van der Waals surface area (Å²) in [7, 11) is -4.06. The van der Waals surface area contributed by atoms with E-state index < -0.39 is 26.3 Å². The fourth-order valence-corrected chi connectivity index (χ4v) is 6.30. The molecule has 1 aromatic heterocycles. The molecule has 0 saturated carbocycles. The first-order valence-electron chi connectivity index (χ1n) is 10.8. The van der Waals surface area contributed by atoms with E-state index in [1.807, 2.05) is 0 Å². The van der Waals surface area contributed by atoms with E-state index in [2.05, 4.69) is 9.97 Å². The maximum atomic E-state index is 13.4. The Bertz CT molecular complexity index is 1330. The second-order valence-corrected chi connectivity index (χ2v) is 11.5. The van der Waals surface area contributed by atoms with Crippen molar-refractivity contribution in [2.24, 2.45) is 5.92 Å². The molecule has 34 heavy (non-hydrogen) atoms. The van der Waals surface area contributed by atoms with Gasteiger partial charge in [-0.1, -0.05) is 12.1 Å². The Balaban J connectivity index is 1.52. The predicted molar refractivity (Wildman–Crippen MR) is 121 cm³/mol. The molecule has 180 valence electrons. The first-order chi connectivity index (χ1) is 15.9. The van der Waals surface area contributed by atoms with Gasteiger partial charge in [-0.3, -0.25) is 14.8 Å². The standard InChI is InChI=1S/C24H24F3N3O3S/c1-23(2,34(32,33)18-6-3-5-17(15-18)24(25,26)27)16-9-13-30(14-10-16)22(31)19-7-4-8-20-21(19)29-12-11-28-20/h3-8,11-12,15-16H,9-10,13-14H2,1-2H3. The lowest BCUT2D eigenvalue weighted by Crippen LogP contribution is -2.47. The number of benzene rings is 2. The molecule has 0 unspecified atom stereocenters. The molecule has 2 aromatic carbocycles. The number of carbonyl (C=O) groups is 1. The van der Waals surface area contributed by atoms with Gasteiger partial charge in [-0.2, -0.15) is 13.2 Å². The first kappa shape index (κ1) is 24.1. The molecule has 3 aromatic rings. The number of carbonyl (C=O) groups excluding carboxylic acids is 1. The highest BCUT2D eigenvalue weighted by atomic mass is 32.2. The van der Waals surface area contributed by atoms with E-state index in [0.29, 0.717) is 48.6 Å². The zero-order valence-corrected chi connectivity index (χ0v) is 19.5. The number of nitrogens with zero attached hydrogens (tertiary/aromatic N) is 3. The van der Waals surface area contributed by atoms with Gasteiger partial charge >= 0.3 is 6.18 Å². The van der Waals surface area contributed by atoms with Gasteiger partial charge in [0.05, 0.1) is 26.3 Å². The lowest BCUT2D eigenvalue weighted by Gasteiger charge is -2.40. The molecular weight excluding hydrogens is 467 g/mol. The second kappa shape index (κ2) is 8.65. The smallest absolute Gasteiger partial charge is 0.339 e. The largest absolute Gasteiger partial charge is 0.416 e. The number of halogens is 3. The van der Waals surface area contributed by atoms with Gasteiger partial charge in [0.1, 0.15) is 5.52 Å². The van der Waals surface area contributed by atoms with E-state index in [9.17, 15) is 26.4 Å². The van der Waals surface area contributed by atoms with Crippen LogP contribution in [0.1, 0.15) is 42.6 Å². The van der Waals surface area contributed by atoms with Crippen LogP contribution in [0.5, 0.6) is 0 Å². The molecule has 0 aliphatic carbocycles. The van der Waals surface area contributed by atoms with Crippen molar-refractivity contribution in [2.45, 2.75) is 42.5 Å². The van der Waals surface area contributed by atoms with Gasteiger partial charge in [-0.05, 0) is 62.9 Å². The number of aromatic nitrogens is 2. The van der Waals surface area contributed by atoms with E-state index in [1.54, 1.807) is 43.1 Å². The van der Waals surface area contributed by atoms with Gasteiger partial charge in [-0.25, -0.2) is 8.42 Å². The molecule has 1 amide bonds. The molecule has 1 fully saturated rings. The Kier molecular flexibility index (Phi) is 6.14. The fourth-order valence-electron chi connectivity index (χ4n) is 4.48. The van der Waals surface area contributed by atoms with Gasteiger partial charge in [0.15, 0.2) is 9.84 Å². The molecule has 1 saturated heterocycles. The van der Waals surface area contributed by atoms with Crippen LogP contribution in [0, 0.1) is 5.92 Å². The van der Waals surface area contributed by atoms with Crippen molar-refractivity contribution in [3.05, 3.63) is 66.0 Å². The van der Waals surface area contributed by atoms with Crippen molar-refractivity contribution in [3.8, 4) is 0 Å². The Hall–Kier alpha value is -3.01. The summed E-state index contributed by atoms with van der Waals surface area (Å²) in [6, 6.07) is 9.06. The van der Waals surface area contributed by atoms with Crippen molar-refractivity contribution in [1.82, 2.24) is 14.9 Å². The topological polar surface area (TPSA) is 80.2 Å². The molecule has 0 radical (unpaired) electrons. The molecule has 0 atom stereocenters. The SMILES string of the molecule is CC(C)(C1CCN(C(=O)c2cccc3nccnc23)CC1)S(=O)(=O)c1cccc(C(F)(F)F)c1. The maximum absolute atomic E-state index is 13.4. The molecular formula is C24H24F3N3O3S. The molecule has 0 spiro atoms. The van der Waals surface area contributed by atoms with Crippen LogP contribution in [0.15, 0.2) is 59.8 Å². The summed E-state index contributed by atoms with van der Waals surface area (Å²) in [6.07, 6.45) is -0.740. The number of rotatable bonds is 4. The molecule has 2 heterocycles. The highest BCUT2D eigenvalue weighted by Gasteiger charge is 2.45. The third-order valence-corrected chi connectivity index (χ3v) is 9.25. The second-order valence-electron chi connectivity index (χ2n) is 8.93. The van der Waals surface area contributed by atoms with Crippen molar-refractivity contribution >= 4 is 26.8 Å². The zero-order chi connectivity index (χ0) is 24.7. The zero-order valence-electron chi connectivity index (χ0n) is 18.7. The van der Waals surface area contributed by atoms with Crippen molar-refractivity contribution in [2.75, 3.05) is 13.1 Å². The summed E-state index contributed by atoms with van der Waals surface area (Å²) >= 11 is 0. The van der Waals surface area contributed by atoms with Crippen LogP contribution >= 0.6 is 0 Å². The van der Waals surface area contributed by atoms with Gasteiger partial charge < -0.3 is 4.90 Å². The predicted octanol–water partition coefficient (Wildman–Crippen LogP) is 4.75. The third kappa shape index (κ3) is 4.26. The van der Waals surface area contributed by atoms with Gasteiger partial charge in [0.25, 0.3) is 5.91 Å². The summed E-state index contributed by atoms with van der Waals surface area (Å²) in [5.41, 5.74) is 0.545. The number of hydrogen-bond acceptors (Lipinski definition) is 5. The number of para-hydroxylation sites is 1. The number of hydrogen-bond donors (Lipinski definition) is 0. The number of alkyl halides is 3. The van der Waals surface area contributed by atoms with Crippen LogP contribution in [0.4, 0.5) is 13.2 Å². The number of amides is 1.